The zero-order valence-electron chi connectivity index (χ0n) is 15.7. The standard InChI is InChI=1S/C19H27N3O3S/c1-4-14(19(23)24-5-2)15-11(3)26-18-16(15)17(21-10-22-18)25-13-8-6-12(20)7-9-13/h10,12-14H,4-9,20H2,1-3H3. The number of nitrogens with zero attached hydrogens (tertiary/aromatic N) is 2. The van der Waals surface area contributed by atoms with E-state index in [1.54, 1.807) is 11.3 Å². The minimum atomic E-state index is -0.322. The van der Waals surface area contributed by atoms with Crippen LogP contribution in [0.3, 0.4) is 0 Å². The fourth-order valence-corrected chi connectivity index (χ4v) is 4.69. The predicted molar refractivity (Wildman–Crippen MR) is 103 cm³/mol. The normalized spacial score (nSPS) is 21.5. The lowest BCUT2D eigenvalue weighted by Crippen LogP contribution is -2.31. The summed E-state index contributed by atoms with van der Waals surface area (Å²) < 4.78 is 11.5. The Morgan fingerprint density at radius 3 is 2.69 bits per heavy atom. The summed E-state index contributed by atoms with van der Waals surface area (Å²) >= 11 is 1.58. The van der Waals surface area contributed by atoms with Gasteiger partial charge in [0, 0.05) is 10.9 Å². The Kier molecular flexibility index (Phi) is 6.09. The van der Waals surface area contributed by atoms with Gasteiger partial charge in [-0.15, -0.1) is 11.3 Å². The molecule has 2 aromatic heterocycles. The molecule has 1 aliphatic carbocycles. The fourth-order valence-electron chi connectivity index (χ4n) is 3.64. The van der Waals surface area contributed by atoms with Gasteiger partial charge in [0.25, 0.3) is 0 Å². The number of hydrogen-bond donors (Lipinski definition) is 1. The van der Waals surface area contributed by atoms with Gasteiger partial charge < -0.3 is 15.2 Å². The largest absolute Gasteiger partial charge is 0.474 e. The smallest absolute Gasteiger partial charge is 0.313 e. The van der Waals surface area contributed by atoms with E-state index in [0.717, 1.165) is 46.3 Å². The lowest BCUT2D eigenvalue weighted by molar-refractivity contribution is -0.145. The number of rotatable bonds is 6. The molecule has 3 rings (SSSR count). The van der Waals surface area contributed by atoms with E-state index in [9.17, 15) is 4.79 Å². The van der Waals surface area contributed by atoms with E-state index < -0.39 is 0 Å². The van der Waals surface area contributed by atoms with Crippen molar-refractivity contribution in [3.63, 3.8) is 0 Å². The van der Waals surface area contributed by atoms with Crippen LogP contribution in [-0.4, -0.2) is 34.7 Å². The van der Waals surface area contributed by atoms with Gasteiger partial charge in [0.1, 0.15) is 17.3 Å². The number of carbonyl (C=O) groups is 1. The second-order valence-electron chi connectivity index (χ2n) is 6.80. The molecule has 1 aliphatic rings. The van der Waals surface area contributed by atoms with Crippen LogP contribution in [0.5, 0.6) is 5.88 Å². The molecule has 0 saturated heterocycles. The minimum Gasteiger partial charge on any atom is -0.474 e. The number of carbonyl (C=O) groups excluding carboxylic acids is 1. The van der Waals surface area contributed by atoms with Crippen LogP contribution in [0.4, 0.5) is 0 Å². The third-order valence-electron chi connectivity index (χ3n) is 5.00. The Morgan fingerprint density at radius 2 is 2.04 bits per heavy atom. The van der Waals surface area contributed by atoms with Gasteiger partial charge in [-0.3, -0.25) is 4.79 Å². The van der Waals surface area contributed by atoms with Crippen LogP contribution in [0, 0.1) is 6.92 Å². The molecule has 26 heavy (non-hydrogen) atoms. The molecule has 0 aromatic carbocycles. The Hall–Kier alpha value is -1.73. The van der Waals surface area contributed by atoms with E-state index in [4.69, 9.17) is 15.2 Å². The highest BCUT2D eigenvalue weighted by Gasteiger charge is 2.29. The van der Waals surface area contributed by atoms with E-state index in [0.29, 0.717) is 18.9 Å². The zero-order valence-corrected chi connectivity index (χ0v) is 16.5. The van der Waals surface area contributed by atoms with Crippen molar-refractivity contribution >= 4 is 27.5 Å². The highest BCUT2D eigenvalue weighted by molar-refractivity contribution is 7.18. The highest BCUT2D eigenvalue weighted by atomic mass is 32.1. The molecular formula is C19H27N3O3S. The number of aromatic nitrogens is 2. The molecule has 0 radical (unpaired) electrons. The molecule has 0 spiro atoms. The summed E-state index contributed by atoms with van der Waals surface area (Å²) in [6, 6.07) is 0.271. The van der Waals surface area contributed by atoms with E-state index in [1.807, 2.05) is 20.8 Å². The van der Waals surface area contributed by atoms with E-state index >= 15 is 0 Å². The van der Waals surface area contributed by atoms with Crippen molar-refractivity contribution in [2.75, 3.05) is 6.61 Å². The summed E-state index contributed by atoms with van der Waals surface area (Å²) in [6.07, 6.45) is 6.11. The Bertz CT molecular complexity index is 769. The van der Waals surface area contributed by atoms with Crippen LogP contribution >= 0.6 is 11.3 Å². The topological polar surface area (TPSA) is 87.3 Å². The van der Waals surface area contributed by atoms with Gasteiger partial charge in [-0.2, -0.15) is 0 Å². The summed E-state index contributed by atoms with van der Waals surface area (Å²) in [5, 5.41) is 0.866. The number of esters is 1. The maximum absolute atomic E-state index is 12.5. The average molecular weight is 378 g/mol. The maximum atomic E-state index is 12.5. The van der Waals surface area contributed by atoms with Crippen LogP contribution in [0.2, 0.25) is 0 Å². The molecule has 0 amide bonds. The second kappa shape index (κ2) is 8.31. The van der Waals surface area contributed by atoms with Gasteiger partial charge in [-0.25, -0.2) is 9.97 Å². The van der Waals surface area contributed by atoms with Crippen LogP contribution < -0.4 is 10.5 Å². The van der Waals surface area contributed by atoms with Gasteiger partial charge in [0.15, 0.2) is 0 Å². The fraction of sp³-hybridized carbons (Fsp3) is 0.632. The monoisotopic (exact) mass is 377 g/mol. The van der Waals surface area contributed by atoms with Crippen molar-refractivity contribution in [3.8, 4) is 5.88 Å². The Labute approximate surface area is 158 Å². The van der Waals surface area contributed by atoms with Crippen molar-refractivity contribution in [2.45, 2.75) is 70.9 Å². The first-order valence-corrected chi connectivity index (χ1v) is 10.2. The maximum Gasteiger partial charge on any atom is 0.313 e. The van der Waals surface area contributed by atoms with E-state index in [1.165, 1.54) is 6.33 Å². The molecule has 142 valence electrons. The lowest BCUT2D eigenvalue weighted by Gasteiger charge is -2.26. The SMILES string of the molecule is CCOC(=O)C(CC)c1c(C)sc2ncnc(OC3CCC(N)CC3)c12. The van der Waals surface area contributed by atoms with Gasteiger partial charge in [0.2, 0.25) is 5.88 Å². The first-order chi connectivity index (χ1) is 12.5. The third kappa shape index (κ3) is 3.83. The Morgan fingerprint density at radius 1 is 1.31 bits per heavy atom. The summed E-state index contributed by atoms with van der Waals surface area (Å²) in [5.41, 5.74) is 6.95. The second-order valence-corrected chi connectivity index (χ2v) is 8.00. The van der Waals surface area contributed by atoms with E-state index in [-0.39, 0.29) is 24.0 Å². The molecule has 1 atom stereocenters. The third-order valence-corrected chi connectivity index (χ3v) is 6.03. The quantitative estimate of drug-likeness (QED) is 0.772. The lowest BCUT2D eigenvalue weighted by atomic mass is 9.93. The average Bonchev–Trinajstić information content (AvgIpc) is 2.95. The predicted octanol–water partition coefficient (Wildman–Crippen LogP) is 3.71. The Balaban J connectivity index is 1.98. The van der Waals surface area contributed by atoms with Crippen LogP contribution in [0.1, 0.15) is 62.3 Å². The molecule has 0 aliphatic heterocycles. The summed E-state index contributed by atoms with van der Waals surface area (Å²) in [6.45, 7) is 6.22. The summed E-state index contributed by atoms with van der Waals surface area (Å²) in [5.74, 6) is 0.0608. The molecule has 1 fully saturated rings. The molecule has 2 aromatic rings. The number of fused-ring (bicyclic) bond motifs is 1. The van der Waals surface area contributed by atoms with Gasteiger partial charge in [0.05, 0.1) is 17.9 Å². The first-order valence-electron chi connectivity index (χ1n) is 9.37. The highest BCUT2D eigenvalue weighted by Crippen LogP contribution is 2.41. The minimum absolute atomic E-state index is 0.114. The van der Waals surface area contributed by atoms with Gasteiger partial charge in [-0.1, -0.05) is 6.92 Å². The molecular weight excluding hydrogens is 350 g/mol. The van der Waals surface area contributed by atoms with Gasteiger partial charge in [-0.05, 0) is 51.5 Å². The number of hydrogen-bond acceptors (Lipinski definition) is 7. The van der Waals surface area contributed by atoms with Crippen molar-refractivity contribution < 1.29 is 14.3 Å². The van der Waals surface area contributed by atoms with Gasteiger partial charge >= 0.3 is 5.97 Å². The van der Waals surface area contributed by atoms with Crippen molar-refractivity contribution in [2.24, 2.45) is 5.73 Å². The summed E-state index contributed by atoms with van der Waals surface area (Å²) in [7, 11) is 0. The van der Waals surface area contributed by atoms with Crippen molar-refractivity contribution in [1.82, 2.24) is 9.97 Å². The number of ether oxygens (including phenoxy) is 2. The molecule has 2 N–H and O–H groups in total. The van der Waals surface area contributed by atoms with E-state index in [2.05, 4.69) is 9.97 Å². The molecule has 2 heterocycles. The van der Waals surface area contributed by atoms with Crippen LogP contribution in [-0.2, 0) is 9.53 Å². The molecule has 1 unspecified atom stereocenters. The van der Waals surface area contributed by atoms with Crippen molar-refractivity contribution in [1.29, 1.82) is 0 Å². The number of nitrogens with two attached hydrogens (primary N) is 1. The first kappa shape index (κ1) is 19.0. The summed E-state index contributed by atoms with van der Waals surface area (Å²) in [4.78, 5) is 23.2. The number of aryl methyl sites for hydroxylation is 1. The molecule has 1 saturated carbocycles. The van der Waals surface area contributed by atoms with Crippen LogP contribution in [0.15, 0.2) is 6.33 Å². The molecule has 6 nitrogen and oxygen atoms in total. The zero-order chi connectivity index (χ0) is 18.7. The molecule has 7 heteroatoms. The van der Waals surface area contributed by atoms with Crippen molar-refractivity contribution in [3.05, 3.63) is 16.8 Å². The molecule has 0 bridgehead atoms. The van der Waals surface area contributed by atoms with Crippen LogP contribution in [0.25, 0.3) is 10.2 Å². The number of thiophene rings is 1.